The number of rotatable bonds is 5. The largest absolute Gasteiger partial charge is 0.450 e. The zero-order valence-corrected chi connectivity index (χ0v) is 15.8. The number of nitrogens with zero attached hydrogens (tertiary/aromatic N) is 1. The summed E-state index contributed by atoms with van der Waals surface area (Å²) in [5.41, 5.74) is 2.41. The Hall–Kier alpha value is -2.04. The summed E-state index contributed by atoms with van der Waals surface area (Å²) in [4.78, 5) is 13.7. The highest BCUT2D eigenvalue weighted by Crippen LogP contribution is 2.26. The number of likely N-dealkylation sites (tertiary alicyclic amines) is 1. The van der Waals surface area contributed by atoms with Gasteiger partial charge in [0.2, 0.25) is 0 Å². The molecule has 26 heavy (non-hydrogen) atoms. The Labute approximate surface area is 160 Å². The molecule has 1 unspecified atom stereocenters. The molecule has 1 atom stereocenters. The van der Waals surface area contributed by atoms with Gasteiger partial charge in [-0.25, -0.2) is 4.79 Å². The summed E-state index contributed by atoms with van der Waals surface area (Å²) in [7, 11) is 0. The first-order valence-corrected chi connectivity index (χ1v) is 9.53. The number of hydrogen-bond donors (Lipinski definition) is 1. The summed E-state index contributed by atoms with van der Waals surface area (Å²) in [6, 6.07) is 18.9. The fourth-order valence-corrected chi connectivity index (χ4v) is 3.49. The van der Waals surface area contributed by atoms with Crippen LogP contribution in [0.25, 0.3) is 0 Å². The van der Waals surface area contributed by atoms with Crippen molar-refractivity contribution in [2.45, 2.75) is 31.8 Å². The smallest absolute Gasteiger partial charge is 0.409 e. The molecular formula is C21H25ClN2O2. The van der Waals surface area contributed by atoms with Crippen LogP contribution in [0.3, 0.4) is 0 Å². The summed E-state index contributed by atoms with van der Waals surface area (Å²) in [6.45, 7) is 3.70. The quantitative estimate of drug-likeness (QED) is 0.831. The number of amides is 1. The van der Waals surface area contributed by atoms with Crippen molar-refractivity contribution in [1.29, 1.82) is 0 Å². The van der Waals surface area contributed by atoms with Gasteiger partial charge in [-0.1, -0.05) is 54.1 Å². The van der Waals surface area contributed by atoms with Crippen LogP contribution in [0, 0.1) is 0 Å². The molecule has 5 heteroatoms. The molecule has 1 amide bonds. The maximum Gasteiger partial charge on any atom is 0.409 e. The van der Waals surface area contributed by atoms with E-state index in [0.29, 0.717) is 12.6 Å². The third-order valence-corrected chi connectivity index (χ3v) is 5.01. The van der Waals surface area contributed by atoms with Crippen LogP contribution in [0.5, 0.6) is 0 Å². The highest BCUT2D eigenvalue weighted by molar-refractivity contribution is 6.30. The molecule has 0 spiro atoms. The number of hydrogen-bond acceptors (Lipinski definition) is 3. The molecular weight excluding hydrogens is 348 g/mol. The van der Waals surface area contributed by atoms with Gasteiger partial charge in [0.25, 0.3) is 0 Å². The van der Waals surface area contributed by atoms with Gasteiger partial charge in [0.15, 0.2) is 0 Å². The number of ether oxygens (including phenoxy) is 1. The molecule has 1 N–H and O–H groups in total. The van der Waals surface area contributed by atoms with Crippen molar-refractivity contribution < 1.29 is 9.53 Å². The van der Waals surface area contributed by atoms with Crippen molar-refractivity contribution in [3.8, 4) is 0 Å². The predicted molar refractivity (Wildman–Crippen MR) is 104 cm³/mol. The normalized spacial score (nSPS) is 16.3. The number of carbonyl (C=O) groups is 1. The molecule has 0 radical (unpaired) electrons. The summed E-state index contributed by atoms with van der Waals surface area (Å²) < 4.78 is 5.10. The average Bonchev–Trinajstić information content (AvgIpc) is 2.68. The molecule has 0 aromatic heterocycles. The first-order chi connectivity index (χ1) is 12.7. The molecule has 1 fully saturated rings. The molecule has 0 aliphatic carbocycles. The van der Waals surface area contributed by atoms with Gasteiger partial charge in [-0.2, -0.15) is 0 Å². The maximum absolute atomic E-state index is 11.9. The third kappa shape index (κ3) is 4.77. The van der Waals surface area contributed by atoms with Crippen LogP contribution in [-0.4, -0.2) is 36.7 Å². The van der Waals surface area contributed by atoms with Crippen molar-refractivity contribution in [3.05, 3.63) is 70.7 Å². The fraction of sp³-hybridized carbons (Fsp3) is 0.381. The first-order valence-electron chi connectivity index (χ1n) is 9.15. The summed E-state index contributed by atoms with van der Waals surface area (Å²) >= 11 is 6.06. The average molecular weight is 373 g/mol. The summed E-state index contributed by atoms with van der Waals surface area (Å²) in [6.07, 6.45) is 1.62. The van der Waals surface area contributed by atoms with E-state index in [4.69, 9.17) is 16.3 Å². The topological polar surface area (TPSA) is 41.6 Å². The second kappa shape index (κ2) is 9.06. The standard InChI is InChI=1S/C21H25ClN2O2/c1-2-26-21(25)24-14-12-19(13-15-24)23-20(16-6-4-3-5-7-16)17-8-10-18(22)11-9-17/h3-11,19-20,23H,2,12-15H2,1H3. The van der Waals surface area contributed by atoms with E-state index in [-0.39, 0.29) is 12.1 Å². The first kappa shape index (κ1) is 18.7. The Morgan fingerprint density at radius 2 is 1.73 bits per heavy atom. The minimum absolute atomic E-state index is 0.104. The van der Waals surface area contributed by atoms with Crippen LogP contribution >= 0.6 is 11.6 Å². The third-order valence-electron chi connectivity index (χ3n) is 4.76. The Balaban J connectivity index is 1.69. The van der Waals surface area contributed by atoms with Crippen molar-refractivity contribution in [2.24, 2.45) is 0 Å². The molecule has 1 aliphatic heterocycles. The monoisotopic (exact) mass is 372 g/mol. The Morgan fingerprint density at radius 1 is 1.12 bits per heavy atom. The van der Waals surface area contributed by atoms with Crippen molar-refractivity contribution in [2.75, 3.05) is 19.7 Å². The molecule has 4 nitrogen and oxygen atoms in total. The van der Waals surface area contributed by atoms with Crippen LogP contribution in [-0.2, 0) is 4.74 Å². The van der Waals surface area contributed by atoms with E-state index >= 15 is 0 Å². The number of nitrogens with one attached hydrogen (secondary N) is 1. The van der Waals surface area contributed by atoms with Gasteiger partial charge in [-0.05, 0) is 43.0 Å². The summed E-state index contributed by atoms with van der Waals surface area (Å²) in [5, 5.41) is 4.52. The molecule has 0 bridgehead atoms. The lowest BCUT2D eigenvalue weighted by Crippen LogP contribution is -2.46. The Morgan fingerprint density at radius 3 is 2.35 bits per heavy atom. The van der Waals surface area contributed by atoms with Crippen LogP contribution in [0.15, 0.2) is 54.6 Å². The molecule has 1 heterocycles. The molecule has 2 aromatic carbocycles. The highest BCUT2D eigenvalue weighted by atomic mass is 35.5. The van der Waals surface area contributed by atoms with E-state index in [9.17, 15) is 4.79 Å². The molecule has 0 saturated carbocycles. The van der Waals surface area contributed by atoms with Crippen LogP contribution < -0.4 is 5.32 Å². The van der Waals surface area contributed by atoms with Gasteiger partial charge in [-0.3, -0.25) is 0 Å². The van der Waals surface area contributed by atoms with E-state index in [1.54, 1.807) is 4.90 Å². The van der Waals surface area contributed by atoms with Crippen LogP contribution in [0.1, 0.15) is 36.9 Å². The van der Waals surface area contributed by atoms with Gasteiger partial charge in [0, 0.05) is 24.2 Å². The lowest BCUT2D eigenvalue weighted by Gasteiger charge is -2.34. The second-order valence-corrected chi connectivity index (χ2v) is 6.96. The summed E-state index contributed by atoms with van der Waals surface area (Å²) in [5.74, 6) is 0. The molecule has 138 valence electrons. The highest BCUT2D eigenvalue weighted by Gasteiger charge is 2.26. The molecule has 1 saturated heterocycles. The van der Waals surface area contributed by atoms with Crippen molar-refractivity contribution in [1.82, 2.24) is 10.2 Å². The van der Waals surface area contributed by atoms with Gasteiger partial charge >= 0.3 is 6.09 Å². The SMILES string of the molecule is CCOC(=O)N1CCC(NC(c2ccccc2)c2ccc(Cl)cc2)CC1. The molecule has 3 rings (SSSR count). The zero-order chi connectivity index (χ0) is 18.4. The van der Waals surface area contributed by atoms with E-state index in [0.717, 1.165) is 31.0 Å². The van der Waals surface area contributed by atoms with E-state index in [1.165, 1.54) is 11.1 Å². The Kier molecular flexibility index (Phi) is 6.53. The number of carbonyl (C=O) groups excluding carboxylic acids is 1. The lowest BCUT2D eigenvalue weighted by atomic mass is 9.95. The van der Waals surface area contributed by atoms with Crippen LogP contribution in [0.2, 0.25) is 5.02 Å². The number of halogens is 1. The van der Waals surface area contributed by atoms with Crippen molar-refractivity contribution >= 4 is 17.7 Å². The molecule has 2 aromatic rings. The van der Waals surface area contributed by atoms with E-state index in [1.807, 2.05) is 25.1 Å². The Bertz CT molecular complexity index is 698. The second-order valence-electron chi connectivity index (χ2n) is 6.52. The lowest BCUT2D eigenvalue weighted by molar-refractivity contribution is 0.0945. The van der Waals surface area contributed by atoms with E-state index in [2.05, 4.69) is 41.7 Å². The predicted octanol–water partition coefficient (Wildman–Crippen LogP) is 4.64. The minimum atomic E-state index is -0.205. The van der Waals surface area contributed by atoms with Crippen molar-refractivity contribution in [3.63, 3.8) is 0 Å². The van der Waals surface area contributed by atoms with Gasteiger partial charge in [-0.15, -0.1) is 0 Å². The van der Waals surface area contributed by atoms with Gasteiger partial charge < -0.3 is 15.0 Å². The maximum atomic E-state index is 11.9. The fourth-order valence-electron chi connectivity index (χ4n) is 3.36. The van der Waals surface area contributed by atoms with E-state index < -0.39 is 0 Å². The van der Waals surface area contributed by atoms with Crippen LogP contribution in [0.4, 0.5) is 4.79 Å². The minimum Gasteiger partial charge on any atom is -0.450 e. The van der Waals surface area contributed by atoms with Gasteiger partial charge in [0.1, 0.15) is 0 Å². The zero-order valence-electron chi connectivity index (χ0n) is 15.0. The number of piperidine rings is 1. The molecule has 1 aliphatic rings. The number of benzene rings is 2. The van der Waals surface area contributed by atoms with Gasteiger partial charge in [0.05, 0.1) is 12.6 Å².